The van der Waals surface area contributed by atoms with Crippen molar-refractivity contribution in [3.05, 3.63) is 42.5 Å². The molecule has 0 amide bonds. The maximum atomic E-state index is 11.4. The highest BCUT2D eigenvalue weighted by molar-refractivity contribution is 5.73. The molecule has 0 bridgehead atoms. The Morgan fingerprint density at radius 1 is 1.18 bits per heavy atom. The lowest BCUT2D eigenvalue weighted by Gasteiger charge is -2.01. The van der Waals surface area contributed by atoms with Crippen LogP contribution in [0.2, 0.25) is 0 Å². The topological polar surface area (TPSA) is 26.3 Å². The Kier molecular flexibility index (Phi) is 6.80. The number of unbranched alkanes of at least 4 members (excludes halogenated alkanes) is 3. The molecule has 0 atom stereocenters. The first kappa shape index (κ1) is 13.5. The molecule has 0 spiro atoms. The van der Waals surface area contributed by atoms with Crippen LogP contribution < -0.4 is 4.74 Å². The molecule has 0 N–H and O–H groups in total. The van der Waals surface area contributed by atoms with Crippen molar-refractivity contribution in [3.63, 3.8) is 0 Å². The Balaban J connectivity index is 2.17. The van der Waals surface area contributed by atoms with Crippen molar-refractivity contribution in [1.29, 1.82) is 0 Å². The molecule has 0 aliphatic heterocycles. The summed E-state index contributed by atoms with van der Waals surface area (Å²) in [5.41, 5.74) is 0. The second-order valence-corrected chi connectivity index (χ2v) is 3.96. The summed E-state index contributed by atoms with van der Waals surface area (Å²) in [5.74, 6) is 0.403. The predicted molar refractivity (Wildman–Crippen MR) is 70.0 cm³/mol. The van der Waals surface area contributed by atoms with Gasteiger partial charge in [-0.3, -0.25) is 4.79 Å². The van der Waals surface area contributed by atoms with Crippen molar-refractivity contribution in [2.24, 2.45) is 0 Å². The van der Waals surface area contributed by atoms with Gasteiger partial charge in [0.1, 0.15) is 5.75 Å². The van der Waals surface area contributed by atoms with Gasteiger partial charge in [-0.25, -0.2) is 0 Å². The maximum Gasteiger partial charge on any atom is 0.315 e. The van der Waals surface area contributed by atoms with Gasteiger partial charge in [0.05, 0.1) is 6.42 Å². The highest BCUT2D eigenvalue weighted by Crippen LogP contribution is 2.09. The maximum absolute atomic E-state index is 11.4. The molecule has 17 heavy (non-hydrogen) atoms. The van der Waals surface area contributed by atoms with Gasteiger partial charge in [-0.1, -0.05) is 50.1 Å². The Bertz CT molecular complexity index is 341. The van der Waals surface area contributed by atoms with E-state index < -0.39 is 0 Å². The van der Waals surface area contributed by atoms with Crippen LogP contribution in [0.15, 0.2) is 42.5 Å². The van der Waals surface area contributed by atoms with Gasteiger partial charge in [0.2, 0.25) is 0 Å². The Morgan fingerprint density at radius 2 is 1.94 bits per heavy atom. The number of carbonyl (C=O) groups excluding carboxylic acids is 1. The van der Waals surface area contributed by atoms with Crippen LogP contribution in [0, 0.1) is 0 Å². The number of hydrogen-bond donors (Lipinski definition) is 0. The summed E-state index contributed by atoms with van der Waals surface area (Å²) < 4.78 is 5.15. The van der Waals surface area contributed by atoms with Gasteiger partial charge in [0.15, 0.2) is 0 Å². The smallest absolute Gasteiger partial charge is 0.315 e. The minimum absolute atomic E-state index is 0.206. The molecule has 0 aliphatic rings. The first-order chi connectivity index (χ1) is 8.33. The zero-order valence-electron chi connectivity index (χ0n) is 10.4. The van der Waals surface area contributed by atoms with Crippen LogP contribution >= 0.6 is 0 Å². The molecule has 1 aromatic carbocycles. The molecular weight excluding hydrogens is 212 g/mol. The van der Waals surface area contributed by atoms with Gasteiger partial charge in [-0.05, 0) is 25.0 Å². The SMILES string of the molecule is CCCCC/C=C/CC(=O)Oc1ccccc1. The van der Waals surface area contributed by atoms with E-state index in [2.05, 4.69) is 13.0 Å². The zero-order valence-corrected chi connectivity index (χ0v) is 10.4. The average Bonchev–Trinajstić information content (AvgIpc) is 2.35. The van der Waals surface area contributed by atoms with Crippen molar-refractivity contribution < 1.29 is 9.53 Å². The van der Waals surface area contributed by atoms with Crippen molar-refractivity contribution in [1.82, 2.24) is 0 Å². The molecule has 0 saturated heterocycles. The number of benzene rings is 1. The fourth-order valence-corrected chi connectivity index (χ4v) is 1.47. The van der Waals surface area contributed by atoms with E-state index >= 15 is 0 Å². The Morgan fingerprint density at radius 3 is 2.65 bits per heavy atom. The monoisotopic (exact) mass is 232 g/mol. The van der Waals surface area contributed by atoms with Crippen LogP contribution in [-0.4, -0.2) is 5.97 Å². The molecule has 0 heterocycles. The first-order valence-electron chi connectivity index (χ1n) is 6.23. The fraction of sp³-hybridized carbons (Fsp3) is 0.400. The number of allylic oxidation sites excluding steroid dienone is 1. The van der Waals surface area contributed by atoms with Gasteiger partial charge in [0, 0.05) is 0 Å². The molecule has 0 radical (unpaired) electrons. The minimum atomic E-state index is -0.206. The molecule has 92 valence electrons. The third-order valence-electron chi connectivity index (χ3n) is 2.40. The van der Waals surface area contributed by atoms with Crippen molar-refractivity contribution >= 4 is 5.97 Å². The van der Waals surface area contributed by atoms with E-state index in [9.17, 15) is 4.79 Å². The summed E-state index contributed by atoms with van der Waals surface area (Å²) in [7, 11) is 0. The number of ether oxygens (including phenoxy) is 1. The summed E-state index contributed by atoms with van der Waals surface area (Å²) in [6.07, 6.45) is 9.01. The molecular formula is C15H20O2. The third kappa shape index (κ3) is 6.56. The molecule has 2 heteroatoms. The second-order valence-electron chi connectivity index (χ2n) is 3.96. The van der Waals surface area contributed by atoms with Crippen LogP contribution in [0.5, 0.6) is 5.75 Å². The fourth-order valence-electron chi connectivity index (χ4n) is 1.47. The minimum Gasteiger partial charge on any atom is -0.426 e. The molecule has 0 unspecified atom stereocenters. The summed E-state index contributed by atoms with van der Waals surface area (Å²) in [4.78, 5) is 11.4. The molecule has 1 rings (SSSR count). The molecule has 0 aliphatic carbocycles. The van der Waals surface area contributed by atoms with E-state index in [0.717, 1.165) is 6.42 Å². The lowest BCUT2D eigenvalue weighted by Crippen LogP contribution is -2.05. The van der Waals surface area contributed by atoms with Gasteiger partial charge in [-0.2, -0.15) is 0 Å². The third-order valence-corrected chi connectivity index (χ3v) is 2.40. The van der Waals surface area contributed by atoms with Gasteiger partial charge in [0.25, 0.3) is 0 Å². The van der Waals surface area contributed by atoms with E-state index in [0.29, 0.717) is 12.2 Å². The van der Waals surface area contributed by atoms with Crippen LogP contribution in [0.4, 0.5) is 0 Å². The highest BCUT2D eigenvalue weighted by Gasteiger charge is 2.00. The summed E-state index contributed by atoms with van der Waals surface area (Å²) in [6.45, 7) is 2.18. The van der Waals surface area contributed by atoms with Crippen molar-refractivity contribution in [2.45, 2.75) is 39.0 Å². The number of hydrogen-bond acceptors (Lipinski definition) is 2. The number of rotatable bonds is 7. The van der Waals surface area contributed by atoms with E-state index in [1.807, 2.05) is 24.3 Å². The number of esters is 1. The molecule has 0 fully saturated rings. The largest absolute Gasteiger partial charge is 0.426 e. The number of para-hydroxylation sites is 1. The lowest BCUT2D eigenvalue weighted by molar-refractivity contribution is -0.133. The van der Waals surface area contributed by atoms with Crippen molar-refractivity contribution in [3.8, 4) is 5.75 Å². The summed E-state index contributed by atoms with van der Waals surface area (Å²) in [6, 6.07) is 9.16. The summed E-state index contributed by atoms with van der Waals surface area (Å²) >= 11 is 0. The molecule has 0 saturated carbocycles. The van der Waals surface area contributed by atoms with Crippen molar-refractivity contribution in [2.75, 3.05) is 0 Å². The average molecular weight is 232 g/mol. The number of carbonyl (C=O) groups is 1. The predicted octanol–water partition coefficient (Wildman–Crippen LogP) is 4.12. The lowest BCUT2D eigenvalue weighted by atomic mass is 10.2. The van der Waals surface area contributed by atoms with E-state index in [-0.39, 0.29) is 5.97 Å². The standard InChI is InChI=1S/C15H20O2/c1-2-3-4-5-6-10-13-15(16)17-14-11-8-7-9-12-14/h6-12H,2-5,13H2,1H3/b10-6+. The van der Waals surface area contributed by atoms with E-state index in [1.165, 1.54) is 19.3 Å². The van der Waals surface area contributed by atoms with E-state index in [1.54, 1.807) is 12.1 Å². The van der Waals surface area contributed by atoms with Crippen LogP contribution in [0.25, 0.3) is 0 Å². The molecule has 1 aromatic rings. The van der Waals surface area contributed by atoms with E-state index in [4.69, 9.17) is 4.74 Å². The van der Waals surface area contributed by atoms with Crippen LogP contribution in [0.3, 0.4) is 0 Å². The van der Waals surface area contributed by atoms with Crippen LogP contribution in [-0.2, 0) is 4.79 Å². The zero-order chi connectivity index (χ0) is 12.3. The highest BCUT2D eigenvalue weighted by atomic mass is 16.5. The quantitative estimate of drug-likeness (QED) is 0.306. The first-order valence-corrected chi connectivity index (χ1v) is 6.23. The Labute approximate surface area is 103 Å². The normalized spacial score (nSPS) is 10.6. The summed E-state index contributed by atoms with van der Waals surface area (Å²) in [5, 5.41) is 0. The van der Waals surface area contributed by atoms with Gasteiger partial charge in [-0.15, -0.1) is 0 Å². The van der Waals surface area contributed by atoms with Gasteiger partial charge < -0.3 is 4.74 Å². The van der Waals surface area contributed by atoms with Crippen LogP contribution in [0.1, 0.15) is 39.0 Å². The second kappa shape index (κ2) is 8.57. The molecule has 0 aromatic heterocycles. The van der Waals surface area contributed by atoms with Gasteiger partial charge >= 0.3 is 5.97 Å². The molecule has 2 nitrogen and oxygen atoms in total. The Hall–Kier alpha value is -1.57.